The highest BCUT2D eigenvalue weighted by molar-refractivity contribution is 5.97. The second-order valence-corrected chi connectivity index (χ2v) is 5.84. The number of hydrogen-bond acceptors (Lipinski definition) is 3. The van der Waals surface area contributed by atoms with Crippen molar-refractivity contribution in [2.45, 2.75) is 32.1 Å². The maximum atomic E-state index is 12.3. The predicted molar refractivity (Wildman–Crippen MR) is 91.8 cm³/mol. The summed E-state index contributed by atoms with van der Waals surface area (Å²) in [6.45, 7) is 0.654. The van der Waals surface area contributed by atoms with Gasteiger partial charge in [0.05, 0.1) is 12.6 Å². The van der Waals surface area contributed by atoms with Gasteiger partial charge in [0.2, 0.25) is 0 Å². The predicted octanol–water partition coefficient (Wildman–Crippen LogP) is 3.86. The minimum absolute atomic E-state index is 0.148. The van der Waals surface area contributed by atoms with Crippen LogP contribution in [0.25, 0.3) is 10.9 Å². The van der Waals surface area contributed by atoms with Gasteiger partial charge in [-0.3, -0.25) is 4.79 Å². The first-order valence-electron chi connectivity index (χ1n) is 8.18. The van der Waals surface area contributed by atoms with Crippen LogP contribution in [0.2, 0.25) is 0 Å². The molecule has 1 aliphatic carbocycles. The Morgan fingerprint density at radius 3 is 2.96 bits per heavy atom. The van der Waals surface area contributed by atoms with Crippen LogP contribution in [0.15, 0.2) is 42.0 Å². The van der Waals surface area contributed by atoms with Crippen LogP contribution in [0, 0.1) is 0 Å². The Morgan fingerprint density at radius 1 is 1.30 bits per heavy atom. The smallest absolute Gasteiger partial charge is 0.270 e. The molecular formula is C19H22N2O2. The average Bonchev–Trinajstić information content (AvgIpc) is 2.61. The zero-order valence-electron chi connectivity index (χ0n) is 13.5. The van der Waals surface area contributed by atoms with E-state index < -0.39 is 0 Å². The van der Waals surface area contributed by atoms with Crippen molar-refractivity contribution in [1.29, 1.82) is 0 Å². The number of methoxy groups -OCH3 is 1. The van der Waals surface area contributed by atoms with Gasteiger partial charge >= 0.3 is 0 Å². The summed E-state index contributed by atoms with van der Waals surface area (Å²) in [6.07, 6.45) is 8.13. The monoisotopic (exact) mass is 310 g/mol. The van der Waals surface area contributed by atoms with Crippen LogP contribution >= 0.6 is 0 Å². The number of nitrogens with zero attached hydrogens (tertiary/aromatic N) is 1. The van der Waals surface area contributed by atoms with Crippen molar-refractivity contribution in [3.8, 4) is 5.75 Å². The number of pyridine rings is 1. The first kappa shape index (κ1) is 15.5. The number of para-hydroxylation sites is 1. The molecule has 2 aromatic rings. The van der Waals surface area contributed by atoms with Crippen molar-refractivity contribution in [3.63, 3.8) is 0 Å². The third-order valence-electron chi connectivity index (χ3n) is 4.25. The summed E-state index contributed by atoms with van der Waals surface area (Å²) in [5.74, 6) is 0.529. The molecule has 1 aliphatic rings. The fraction of sp³-hybridized carbons (Fsp3) is 0.368. The highest BCUT2D eigenvalue weighted by Gasteiger charge is 2.12. The van der Waals surface area contributed by atoms with Crippen molar-refractivity contribution in [2.75, 3.05) is 13.7 Å². The third-order valence-corrected chi connectivity index (χ3v) is 4.25. The van der Waals surface area contributed by atoms with Gasteiger partial charge in [0, 0.05) is 18.0 Å². The van der Waals surface area contributed by atoms with E-state index in [1.807, 2.05) is 24.3 Å². The lowest BCUT2D eigenvalue weighted by Gasteiger charge is -2.13. The van der Waals surface area contributed by atoms with Crippen LogP contribution in [0.5, 0.6) is 5.75 Å². The van der Waals surface area contributed by atoms with Gasteiger partial charge in [-0.1, -0.05) is 23.8 Å². The Hall–Kier alpha value is -2.36. The van der Waals surface area contributed by atoms with E-state index in [-0.39, 0.29) is 5.91 Å². The molecule has 4 heteroatoms. The summed E-state index contributed by atoms with van der Waals surface area (Å²) in [4.78, 5) is 16.8. The number of aromatic nitrogens is 1. The van der Waals surface area contributed by atoms with Crippen molar-refractivity contribution in [2.24, 2.45) is 0 Å². The number of hydrogen-bond donors (Lipinski definition) is 1. The average molecular weight is 310 g/mol. The van der Waals surface area contributed by atoms with Crippen molar-refractivity contribution >= 4 is 16.8 Å². The maximum Gasteiger partial charge on any atom is 0.270 e. The van der Waals surface area contributed by atoms with Gasteiger partial charge in [0.15, 0.2) is 0 Å². The minimum Gasteiger partial charge on any atom is -0.496 e. The fourth-order valence-corrected chi connectivity index (χ4v) is 2.99. The molecule has 0 aliphatic heterocycles. The van der Waals surface area contributed by atoms with Gasteiger partial charge in [-0.15, -0.1) is 0 Å². The Labute approximate surface area is 136 Å². The fourth-order valence-electron chi connectivity index (χ4n) is 2.99. The van der Waals surface area contributed by atoms with E-state index in [1.54, 1.807) is 13.2 Å². The van der Waals surface area contributed by atoms with Gasteiger partial charge in [-0.25, -0.2) is 4.98 Å². The van der Waals surface area contributed by atoms with Crippen LogP contribution in [0.3, 0.4) is 0 Å². The molecule has 1 aromatic carbocycles. The lowest BCUT2D eigenvalue weighted by atomic mass is 9.97. The molecule has 1 N–H and O–H groups in total. The van der Waals surface area contributed by atoms with E-state index >= 15 is 0 Å². The molecule has 0 fully saturated rings. The number of nitrogens with one attached hydrogen (secondary N) is 1. The Bertz CT molecular complexity index is 737. The summed E-state index contributed by atoms with van der Waals surface area (Å²) < 4.78 is 5.39. The normalized spacial score (nSPS) is 14.4. The quantitative estimate of drug-likeness (QED) is 0.853. The second-order valence-electron chi connectivity index (χ2n) is 5.84. The molecule has 23 heavy (non-hydrogen) atoms. The van der Waals surface area contributed by atoms with Crippen LogP contribution in [0.4, 0.5) is 0 Å². The number of allylic oxidation sites excluding steroid dienone is 1. The molecule has 1 heterocycles. The molecule has 0 saturated carbocycles. The highest BCUT2D eigenvalue weighted by Crippen LogP contribution is 2.25. The molecule has 1 aromatic heterocycles. The van der Waals surface area contributed by atoms with Gasteiger partial charge in [-0.05, 0) is 44.2 Å². The molecule has 4 nitrogen and oxygen atoms in total. The van der Waals surface area contributed by atoms with Crippen LogP contribution in [-0.2, 0) is 0 Å². The zero-order chi connectivity index (χ0) is 16.1. The third kappa shape index (κ3) is 3.70. The summed E-state index contributed by atoms with van der Waals surface area (Å²) in [6, 6.07) is 9.38. The zero-order valence-corrected chi connectivity index (χ0v) is 13.5. The van der Waals surface area contributed by atoms with Gasteiger partial charge < -0.3 is 10.1 Å². The summed E-state index contributed by atoms with van der Waals surface area (Å²) >= 11 is 0. The standard InChI is InChI=1S/C19H22N2O2/c1-23-18-13-17(21-16-10-6-5-9-15(16)18)19(22)20-12-11-14-7-3-2-4-8-14/h5-7,9-10,13H,2-4,8,11-12H2,1H3,(H,20,22). The number of fused-ring (bicyclic) bond motifs is 1. The van der Waals surface area contributed by atoms with Gasteiger partial charge in [-0.2, -0.15) is 0 Å². The van der Waals surface area contributed by atoms with Crippen molar-refractivity contribution in [3.05, 3.63) is 47.7 Å². The number of amides is 1. The number of carbonyl (C=O) groups is 1. The second kappa shape index (κ2) is 7.27. The van der Waals surface area contributed by atoms with Crippen molar-refractivity contribution in [1.82, 2.24) is 10.3 Å². The lowest BCUT2D eigenvalue weighted by Crippen LogP contribution is -2.25. The Kier molecular flexibility index (Phi) is 4.91. The van der Waals surface area contributed by atoms with Gasteiger partial charge in [0.1, 0.15) is 11.4 Å². The van der Waals surface area contributed by atoms with E-state index in [1.165, 1.54) is 24.8 Å². The summed E-state index contributed by atoms with van der Waals surface area (Å²) in [5, 5.41) is 3.88. The molecule has 0 spiro atoms. The van der Waals surface area contributed by atoms with Crippen molar-refractivity contribution < 1.29 is 9.53 Å². The van der Waals surface area contributed by atoms with E-state index in [2.05, 4.69) is 16.4 Å². The molecule has 3 rings (SSSR count). The molecule has 0 atom stereocenters. The number of ether oxygens (including phenoxy) is 1. The van der Waals surface area contributed by atoms with E-state index in [0.717, 1.165) is 23.7 Å². The minimum atomic E-state index is -0.148. The topological polar surface area (TPSA) is 51.2 Å². The molecule has 1 amide bonds. The molecule has 0 saturated heterocycles. The maximum absolute atomic E-state index is 12.3. The van der Waals surface area contributed by atoms with Crippen LogP contribution in [-0.4, -0.2) is 24.5 Å². The number of carbonyl (C=O) groups excluding carboxylic acids is 1. The van der Waals surface area contributed by atoms with E-state index in [0.29, 0.717) is 18.0 Å². The summed E-state index contributed by atoms with van der Waals surface area (Å²) in [7, 11) is 1.61. The first-order chi connectivity index (χ1) is 11.3. The SMILES string of the molecule is COc1cc(C(=O)NCCC2=CCCCC2)nc2ccccc12. The highest BCUT2D eigenvalue weighted by atomic mass is 16.5. The number of benzene rings is 1. The number of rotatable bonds is 5. The molecule has 120 valence electrons. The van der Waals surface area contributed by atoms with Crippen LogP contribution in [0.1, 0.15) is 42.6 Å². The first-order valence-corrected chi connectivity index (χ1v) is 8.18. The molecular weight excluding hydrogens is 288 g/mol. The van der Waals surface area contributed by atoms with Crippen LogP contribution < -0.4 is 10.1 Å². The van der Waals surface area contributed by atoms with E-state index in [9.17, 15) is 4.79 Å². The molecule has 0 unspecified atom stereocenters. The summed E-state index contributed by atoms with van der Waals surface area (Å²) in [5.41, 5.74) is 2.63. The van der Waals surface area contributed by atoms with Gasteiger partial charge in [0.25, 0.3) is 5.91 Å². The Balaban J connectivity index is 1.69. The largest absolute Gasteiger partial charge is 0.496 e. The molecule has 0 bridgehead atoms. The lowest BCUT2D eigenvalue weighted by molar-refractivity contribution is 0.0949. The van der Waals surface area contributed by atoms with E-state index in [4.69, 9.17) is 4.74 Å². The Morgan fingerprint density at radius 2 is 2.17 bits per heavy atom. The molecule has 0 radical (unpaired) electrons.